The molecule has 4 heteroatoms. The summed E-state index contributed by atoms with van der Waals surface area (Å²) in [6.07, 6.45) is 1.42. The lowest BCUT2D eigenvalue weighted by Crippen LogP contribution is -1.98. The topological polar surface area (TPSA) is 65.2 Å². The van der Waals surface area contributed by atoms with Gasteiger partial charge in [0.1, 0.15) is 17.2 Å². The zero-order valence-electron chi connectivity index (χ0n) is 9.13. The van der Waals surface area contributed by atoms with Crippen molar-refractivity contribution < 1.29 is 8.83 Å². The Morgan fingerprint density at radius 2 is 2.00 bits per heavy atom. The number of rotatable bonds is 2. The Kier molecular flexibility index (Phi) is 2.36. The van der Waals surface area contributed by atoms with E-state index in [-0.39, 0.29) is 0 Å². The summed E-state index contributed by atoms with van der Waals surface area (Å²) in [5.74, 6) is 2.47. The molecule has 2 N–H and O–H groups in total. The highest BCUT2D eigenvalue weighted by atomic mass is 16.4. The number of hydrogen-bond acceptors (Lipinski definition) is 4. The molecule has 0 aliphatic heterocycles. The third-order valence-electron chi connectivity index (χ3n) is 2.62. The fourth-order valence-electron chi connectivity index (χ4n) is 1.75. The van der Waals surface area contributed by atoms with Gasteiger partial charge >= 0.3 is 0 Å². The van der Waals surface area contributed by atoms with E-state index in [2.05, 4.69) is 4.98 Å². The number of nitrogens with zero attached hydrogens (tertiary/aromatic N) is 1. The number of furan rings is 1. The molecule has 2 aromatic heterocycles. The molecule has 0 saturated carbocycles. The summed E-state index contributed by atoms with van der Waals surface area (Å²) in [5.41, 5.74) is 8.41. The van der Waals surface area contributed by atoms with Crippen LogP contribution in [0.3, 0.4) is 0 Å². The fourth-order valence-corrected chi connectivity index (χ4v) is 1.75. The number of nitrogens with two attached hydrogens (primary N) is 1. The molecule has 2 rings (SSSR count). The van der Waals surface area contributed by atoms with Crippen LogP contribution >= 0.6 is 0 Å². The van der Waals surface area contributed by atoms with Gasteiger partial charge in [0.25, 0.3) is 0 Å². The molecule has 0 aliphatic rings. The molecule has 0 amide bonds. The van der Waals surface area contributed by atoms with E-state index in [4.69, 9.17) is 14.6 Å². The summed E-state index contributed by atoms with van der Waals surface area (Å²) in [5, 5.41) is 0. The van der Waals surface area contributed by atoms with Gasteiger partial charge in [-0.05, 0) is 20.8 Å². The predicted octanol–water partition coefficient (Wildman–Crippen LogP) is 2.32. The van der Waals surface area contributed by atoms with Crippen LogP contribution in [0.25, 0.3) is 11.3 Å². The van der Waals surface area contributed by atoms with Crippen LogP contribution in [-0.2, 0) is 6.54 Å². The van der Waals surface area contributed by atoms with Crippen LogP contribution in [-0.4, -0.2) is 4.98 Å². The lowest BCUT2D eigenvalue weighted by Gasteiger charge is -1.98. The molecule has 4 nitrogen and oxygen atoms in total. The van der Waals surface area contributed by atoms with Gasteiger partial charge in [-0.2, -0.15) is 0 Å². The lowest BCUT2D eigenvalue weighted by molar-refractivity contribution is 0.501. The van der Waals surface area contributed by atoms with Crippen molar-refractivity contribution in [1.82, 2.24) is 4.98 Å². The average Bonchev–Trinajstić information content (AvgIpc) is 2.73. The highest BCUT2D eigenvalue weighted by molar-refractivity contribution is 5.67. The van der Waals surface area contributed by atoms with Crippen LogP contribution in [0.5, 0.6) is 0 Å². The molecule has 0 aliphatic carbocycles. The molecule has 0 atom stereocenters. The Balaban J connectivity index is 2.63. The molecule has 2 aromatic rings. The molecule has 0 saturated heterocycles. The minimum absolute atomic E-state index is 0.370. The third kappa shape index (κ3) is 1.47. The molecular weight excluding hydrogens is 192 g/mol. The molecule has 0 bridgehead atoms. The first-order chi connectivity index (χ1) is 7.15. The van der Waals surface area contributed by atoms with Crippen LogP contribution in [0.15, 0.2) is 15.2 Å². The van der Waals surface area contributed by atoms with Crippen LogP contribution in [0.2, 0.25) is 0 Å². The zero-order valence-corrected chi connectivity index (χ0v) is 9.13. The van der Waals surface area contributed by atoms with Crippen molar-refractivity contribution in [3.63, 3.8) is 0 Å². The van der Waals surface area contributed by atoms with Crippen LogP contribution < -0.4 is 5.73 Å². The molecule has 0 radical (unpaired) electrons. The van der Waals surface area contributed by atoms with Gasteiger partial charge in [0, 0.05) is 12.1 Å². The summed E-state index contributed by atoms with van der Waals surface area (Å²) in [7, 11) is 0. The minimum atomic E-state index is 0.370. The van der Waals surface area contributed by atoms with Crippen molar-refractivity contribution in [2.45, 2.75) is 27.3 Å². The van der Waals surface area contributed by atoms with Gasteiger partial charge in [-0.15, -0.1) is 0 Å². The Hall–Kier alpha value is -1.55. The first-order valence-electron chi connectivity index (χ1n) is 4.84. The van der Waals surface area contributed by atoms with E-state index >= 15 is 0 Å². The van der Waals surface area contributed by atoms with Gasteiger partial charge in [-0.25, -0.2) is 4.98 Å². The summed E-state index contributed by atoms with van der Waals surface area (Å²) in [4.78, 5) is 4.07. The van der Waals surface area contributed by atoms with Gasteiger partial charge < -0.3 is 14.6 Å². The normalized spacial score (nSPS) is 10.9. The number of oxazole rings is 1. The van der Waals surface area contributed by atoms with E-state index in [1.54, 1.807) is 0 Å². The van der Waals surface area contributed by atoms with E-state index in [0.29, 0.717) is 6.54 Å². The van der Waals surface area contributed by atoms with Gasteiger partial charge in [0.05, 0.1) is 5.56 Å². The number of aryl methyl sites for hydroxylation is 2. The highest BCUT2D eigenvalue weighted by Crippen LogP contribution is 2.33. The molecule has 0 aromatic carbocycles. The van der Waals surface area contributed by atoms with Crippen molar-refractivity contribution in [2.75, 3.05) is 0 Å². The second-order valence-corrected chi connectivity index (χ2v) is 3.55. The summed E-state index contributed by atoms with van der Waals surface area (Å²) >= 11 is 0. The maximum absolute atomic E-state index is 5.59. The van der Waals surface area contributed by atoms with Gasteiger partial charge in [0.2, 0.25) is 0 Å². The maximum atomic E-state index is 5.59. The predicted molar refractivity (Wildman–Crippen MR) is 56.3 cm³/mol. The first kappa shape index (κ1) is 9.98. The third-order valence-corrected chi connectivity index (χ3v) is 2.62. The maximum Gasteiger partial charge on any atom is 0.181 e. The van der Waals surface area contributed by atoms with Crippen molar-refractivity contribution in [2.24, 2.45) is 5.73 Å². The summed E-state index contributed by atoms with van der Waals surface area (Å²) in [6.45, 7) is 6.22. The minimum Gasteiger partial charge on any atom is -0.466 e. The zero-order chi connectivity index (χ0) is 11.0. The van der Waals surface area contributed by atoms with E-state index in [0.717, 1.165) is 34.1 Å². The Labute approximate surface area is 88.1 Å². The smallest absolute Gasteiger partial charge is 0.181 e. The first-order valence-corrected chi connectivity index (χ1v) is 4.84. The van der Waals surface area contributed by atoms with Crippen molar-refractivity contribution in [3.8, 4) is 11.3 Å². The Morgan fingerprint density at radius 1 is 1.27 bits per heavy atom. The van der Waals surface area contributed by atoms with Gasteiger partial charge in [0.15, 0.2) is 12.2 Å². The largest absolute Gasteiger partial charge is 0.466 e. The standard InChI is InChI=1S/C11H14N2O2/c1-6-7(2)15-8(3)10(6)11-9(4-12)13-5-14-11/h5H,4,12H2,1-3H3. The quantitative estimate of drug-likeness (QED) is 0.818. The molecule has 0 spiro atoms. The van der Waals surface area contributed by atoms with E-state index in [1.165, 1.54) is 6.39 Å². The number of aromatic nitrogens is 1. The monoisotopic (exact) mass is 206 g/mol. The van der Waals surface area contributed by atoms with Crippen molar-refractivity contribution >= 4 is 0 Å². The highest BCUT2D eigenvalue weighted by Gasteiger charge is 2.19. The van der Waals surface area contributed by atoms with E-state index in [1.807, 2.05) is 20.8 Å². The second-order valence-electron chi connectivity index (χ2n) is 3.55. The van der Waals surface area contributed by atoms with Crippen LogP contribution in [0.1, 0.15) is 22.8 Å². The SMILES string of the molecule is Cc1oc(C)c(-c2ocnc2CN)c1C. The Bertz CT molecular complexity index is 483. The molecule has 2 heterocycles. The van der Waals surface area contributed by atoms with Crippen molar-refractivity contribution in [3.05, 3.63) is 29.2 Å². The molecule has 80 valence electrons. The molecule has 15 heavy (non-hydrogen) atoms. The second kappa shape index (κ2) is 3.55. The lowest BCUT2D eigenvalue weighted by atomic mass is 10.1. The number of hydrogen-bond donors (Lipinski definition) is 1. The van der Waals surface area contributed by atoms with Gasteiger partial charge in [-0.1, -0.05) is 0 Å². The summed E-state index contributed by atoms with van der Waals surface area (Å²) in [6, 6.07) is 0. The van der Waals surface area contributed by atoms with E-state index in [9.17, 15) is 0 Å². The Morgan fingerprint density at radius 3 is 2.53 bits per heavy atom. The molecule has 0 fully saturated rings. The summed E-state index contributed by atoms with van der Waals surface area (Å²) < 4.78 is 10.9. The molecule has 0 unspecified atom stereocenters. The van der Waals surface area contributed by atoms with Crippen LogP contribution in [0, 0.1) is 20.8 Å². The van der Waals surface area contributed by atoms with Gasteiger partial charge in [-0.3, -0.25) is 0 Å². The van der Waals surface area contributed by atoms with E-state index < -0.39 is 0 Å². The molecular formula is C11H14N2O2. The average molecular weight is 206 g/mol. The van der Waals surface area contributed by atoms with Crippen molar-refractivity contribution in [1.29, 1.82) is 0 Å². The van der Waals surface area contributed by atoms with Crippen LogP contribution in [0.4, 0.5) is 0 Å². The fraction of sp³-hybridized carbons (Fsp3) is 0.364.